The largest absolute Gasteiger partial charge is 0.325 e. The minimum absolute atomic E-state index is 0.0789. The van der Waals surface area contributed by atoms with Gasteiger partial charge in [0.15, 0.2) is 14.9 Å². The summed E-state index contributed by atoms with van der Waals surface area (Å²) in [6.07, 6.45) is 7.12. The van der Waals surface area contributed by atoms with Crippen molar-refractivity contribution in [2.45, 2.75) is 57.3 Å². The lowest BCUT2D eigenvalue weighted by molar-refractivity contribution is -0.138. The molecule has 0 aromatic carbocycles. The van der Waals surface area contributed by atoms with Gasteiger partial charge in [-0.2, -0.15) is 5.10 Å². The second-order valence-corrected chi connectivity index (χ2v) is 13.8. The number of aromatic nitrogens is 6. The van der Waals surface area contributed by atoms with E-state index in [1.807, 2.05) is 13.0 Å². The first-order chi connectivity index (χ1) is 19.3. The van der Waals surface area contributed by atoms with E-state index < -0.39 is 15.9 Å². The van der Waals surface area contributed by atoms with E-state index >= 15 is 0 Å². The van der Waals surface area contributed by atoms with Crippen molar-refractivity contribution >= 4 is 54.3 Å². The maximum Gasteiger partial charge on any atom is 0.248 e. The number of nitrogens with zero attached hydrogens (tertiary/aromatic N) is 7. The quantitative estimate of drug-likeness (QED) is 0.314. The second-order valence-electron chi connectivity index (χ2n) is 11.0. The molecule has 0 radical (unpaired) electrons. The van der Waals surface area contributed by atoms with Gasteiger partial charge in [-0.3, -0.25) is 19.3 Å². The zero-order chi connectivity index (χ0) is 29.3. The number of aryl methyl sites for hydroxylation is 2. The third kappa shape index (κ3) is 4.99. The molecule has 1 saturated carbocycles. The number of carbonyl (C=O) groups excluding carboxylic acids is 2. The summed E-state index contributed by atoms with van der Waals surface area (Å²) in [6, 6.07) is 4.48. The Kier molecular flexibility index (Phi) is 6.45. The van der Waals surface area contributed by atoms with Crippen molar-refractivity contribution < 1.29 is 18.0 Å². The molecule has 5 heterocycles. The fraction of sp³-hybridized carbons (Fsp3) is 0.370. The van der Waals surface area contributed by atoms with Gasteiger partial charge in [-0.15, -0.1) is 0 Å². The van der Waals surface area contributed by atoms with Gasteiger partial charge in [0.1, 0.15) is 28.8 Å². The number of fused-ring (bicyclic) bond motifs is 2. The van der Waals surface area contributed by atoms with Crippen LogP contribution in [0.4, 0.5) is 5.82 Å². The maximum atomic E-state index is 13.8. The van der Waals surface area contributed by atoms with Crippen LogP contribution in [-0.2, 0) is 26.0 Å². The highest BCUT2D eigenvalue weighted by Crippen LogP contribution is 2.59. The van der Waals surface area contributed by atoms with Crippen molar-refractivity contribution in [2.75, 3.05) is 11.6 Å². The van der Waals surface area contributed by atoms with Crippen LogP contribution < -0.4 is 5.32 Å². The third-order valence-corrected chi connectivity index (χ3v) is 9.29. The summed E-state index contributed by atoms with van der Waals surface area (Å²) >= 11 is 3.33. The predicted octanol–water partition coefficient (Wildman–Crippen LogP) is 3.08. The molecule has 6 rings (SSSR count). The summed E-state index contributed by atoms with van der Waals surface area (Å²) < 4.78 is 27.3. The van der Waals surface area contributed by atoms with E-state index in [4.69, 9.17) is 0 Å². The predicted molar refractivity (Wildman–Crippen MR) is 153 cm³/mol. The molecule has 1 aliphatic carbocycles. The molecule has 3 atom stereocenters. The van der Waals surface area contributed by atoms with Gasteiger partial charge in [-0.1, -0.05) is 13.0 Å². The standard InChI is InChI=1S/C27H27BrN8O4S/c1-14-5-6-22(28)32-24(14)33-25(38)19-8-27(3)9-21(27)36(19)23(37)13-35-20-12-31-18(16-10-29-15(2)30-11-16)7-17(20)26(34-35)41(4,39)40/h5-7,10-12,19,21H,8-9,13H2,1-4H3,(H,32,33,38)/t19-,21+,27-/m0/s1. The minimum Gasteiger partial charge on any atom is -0.325 e. The van der Waals surface area contributed by atoms with Crippen molar-refractivity contribution in [1.82, 2.24) is 34.6 Å². The number of sulfone groups is 1. The lowest BCUT2D eigenvalue weighted by Gasteiger charge is -2.27. The summed E-state index contributed by atoms with van der Waals surface area (Å²) in [5, 5.41) is 7.40. The summed E-state index contributed by atoms with van der Waals surface area (Å²) in [5.74, 6) is 0.394. The molecule has 12 nitrogen and oxygen atoms in total. The summed E-state index contributed by atoms with van der Waals surface area (Å²) in [6.45, 7) is 5.43. The minimum atomic E-state index is -3.74. The topological polar surface area (TPSA) is 153 Å². The first kappa shape index (κ1) is 27.4. The Morgan fingerprint density at radius 1 is 1.12 bits per heavy atom. The fourth-order valence-electron chi connectivity index (χ4n) is 5.52. The van der Waals surface area contributed by atoms with Gasteiger partial charge in [0.05, 0.1) is 17.4 Å². The van der Waals surface area contributed by atoms with Crippen LogP contribution in [0.3, 0.4) is 0 Å². The maximum absolute atomic E-state index is 13.8. The molecule has 0 unspecified atom stereocenters. The van der Waals surface area contributed by atoms with E-state index in [-0.39, 0.29) is 34.8 Å². The van der Waals surface area contributed by atoms with Crippen LogP contribution >= 0.6 is 15.9 Å². The Bertz CT molecular complexity index is 1840. The number of anilines is 1. The van der Waals surface area contributed by atoms with E-state index in [1.54, 1.807) is 36.4 Å². The van der Waals surface area contributed by atoms with Gasteiger partial charge in [0.2, 0.25) is 11.8 Å². The number of piperidine rings is 1. The molecule has 4 aromatic heterocycles. The highest BCUT2D eigenvalue weighted by Gasteiger charge is 2.64. The molecule has 2 amide bonds. The molecule has 14 heteroatoms. The number of carbonyl (C=O) groups is 2. The van der Waals surface area contributed by atoms with Gasteiger partial charge in [0, 0.05) is 35.6 Å². The molecule has 0 bridgehead atoms. The highest BCUT2D eigenvalue weighted by molar-refractivity contribution is 9.10. The lowest BCUT2D eigenvalue weighted by Crippen LogP contribution is -2.47. The summed E-state index contributed by atoms with van der Waals surface area (Å²) in [5.41, 5.74) is 2.15. The van der Waals surface area contributed by atoms with E-state index in [1.165, 1.54) is 10.9 Å². The van der Waals surface area contributed by atoms with Crippen molar-refractivity contribution in [3.05, 3.63) is 52.8 Å². The molecular weight excluding hydrogens is 612 g/mol. The number of halogens is 1. The van der Waals surface area contributed by atoms with Crippen LogP contribution in [0.5, 0.6) is 0 Å². The van der Waals surface area contributed by atoms with Crippen LogP contribution in [0.1, 0.15) is 31.2 Å². The molecule has 0 spiro atoms. The highest BCUT2D eigenvalue weighted by atomic mass is 79.9. The van der Waals surface area contributed by atoms with E-state index in [0.29, 0.717) is 44.8 Å². The smallest absolute Gasteiger partial charge is 0.248 e. The van der Waals surface area contributed by atoms with Crippen molar-refractivity contribution in [3.63, 3.8) is 0 Å². The lowest BCUT2D eigenvalue weighted by atomic mass is 10.0. The Morgan fingerprint density at radius 3 is 2.56 bits per heavy atom. The Labute approximate surface area is 244 Å². The Hall–Kier alpha value is -3.78. The average molecular weight is 640 g/mol. The molecule has 212 valence electrons. The summed E-state index contributed by atoms with van der Waals surface area (Å²) in [4.78, 5) is 46.0. The van der Waals surface area contributed by atoms with Crippen LogP contribution in [0.25, 0.3) is 22.2 Å². The van der Waals surface area contributed by atoms with Crippen LogP contribution in [0.2, 0.25) is 0 Å². The van der Waals surface area contributed by atoms with E-state index in [2.05, 4.69) is 53.2 Å². The molecule has 2 aliphatic rings. The third-order valence-electron chi connectivity index (χ3n) is 7.85. The number of rotatable bonds is 6. The SMILES string of the molecule is Cc1ncc(-c2cc3c(S(C)(=O)=O)nn(CC(=O)N4[C@H](C(=O)Nc5nc(Br)ccc5C)C[C@@]5(C)C[C@@H]45)c3cn2)cn1. The first-order valence-corrected chi connectivity index (χ1v) is 15.6. The number of likely N-dealkylation sites (tertiary alicyclic amines) is 1. The molecule has 1 aliphatic heterocycles. The first-order valence-electron chi connectivity index (χ1n) is 12.9. The Morgan fingerprint density at radius 2 is 1.85 bits per heavy atom. The van der Waals surface area contributed by atoms with Crippen molar-refractivity contribution in [3.8, 4) is 11.3 Å². The fourth-order valence-corrected chi connectivity index (χ4v) is 6.64. The van der Waals surface area contributed by atoms with Crippen molar-refractivity contribution in [1.29, 1.82) is 0 Å². The normalized spacial score (nSPS) is 21.6. The van der Waals surface area contributed by atoms with Gasteiger partial charge >= 0.3 is 0 Å². The zero-order valence-electron chi connectivity index (χ0n) is 22.8. The summed E-state index contributed by atoms with van der Waals surface area (Å²) in [7, 11) is -3.74. The number of hydrogen-bond acceptors (Lipinski definition) is 9. The molecule has 1 saturated heterocycles. The molecular formula is C27H27BrN8O4S. The van der Waals surface area contributed by atoms with Gasteiger partial charge in [0.25, 0.3) is 0 Å². The second kappa shape index (κ2) is 9.65. The Balaban J connectivity index is 1.31. The molecule has 4 aromatic rings. The van der Waals surface area contributed by atoms with Crippen molar-refractivity contribution in [2.24, 2.45) is 5.41 Å². The van der Waals surface area contributed by atoms with E-state index in [0.717, 1.165) is 18.2 Å². The zero-order valence-corrected chi connectivity index (χ0v) is 25.2. The van der Waals surface area contributed by atoms with E-state index in [9.17, 15) is 18.0 Å². The number of amides is 2. The van der Waals surface area contributed by atoms with Gasteiger partial charge in [-0.25, -0.2) is 23.4 Å². The van der Waals surface area contributed by atoms with Gasteiger partial charge < -0.3 is 10.2 Å². The van der Waals surface area contributed by atoms with Crippen LogP contribution in [-0.4, -0.2) is 73.2 Å². The monoisotopic (exact) mass is 638 g/mol. The molecule has 2 fully saturated rings. The number of hydrogen-bond donors (Lipinski definition) is 1. The van der Waals surface area contributed by atoms with Gasteiger partial charge in [-0.05, 0) is 65.7 Å². The number of nitrogens with one attached hydrogen (secondary N) is 1. The molecule has 1 N–H and O–H groups in total. The van der Waals surface area contributed by atoms with Crippen LogP contribution in [0.15, 0.2) is 46.4 Å². The average Bonchev–Trinajstić information content (AvgIpc) is 3.27. The van der Waals surface area contributed by atoms with Crippen LogP contribution in [0, 0.1) is 19.3 Å². The number of pyridine rings is 2. The molecule has 41 heavy (non-hydrogen) atoms.